The van der Waals surface area contributed by atoms with E-state index in [1.54, 1.807) is 55.2 Å². The van der Waals surface area contributed by atoms with Crippen LogP contribution >= 0.6 is 0 Å². The van der Waals surface area contributed by atoms with E-state index in [4.69, 9.17) is 4.74 Å². The molecule has 0 saturated carbocycles. The van der Waals surface area contributed by atoms with Crippen LogP contribution in [0, 0.1) is 19.7 Å². The molecule has 1 heterocycles. The van der Waals surface area contributed by atoms with E-state index in [-0.39, 0.29) is 17.6 Å². The van der Waals surface area contributed by atoms with E-state index in [0.29, 0.717) is 17.0 Å². The maximum atomic E-state index is 13.2. The van der Waals surface area contributed by atoms with Gasteiger partial charge in [-0.15, -0.1) is 0 Å². The SMILES string of the molecule is COc1ccc(C(=O)N(C)C)cc1NC(=O)C=Cc1c(C)nn(-c2ccc(F)cc2)c1C. The lowest BCUT2D eigenvalue weighted by atomic mass is 10.1. The number of aromatic nitrogens is 2. The van der Waals surface area contributed by atoms with Crippen molar-refractivity contribution in [3.05, 3.63) is 76.9 Å². The Morgan fingerprint density at radius 1 is 1.12 bits per heavy atom. The molecule has 0 fully saturated rings. The molecule has 3 aromatic rings. The van der Waals surface area contributed by atoms with Crippen molar-refractivity contribution in [3.8, 4) is 11.4 Å². The van der Waals surface area contributed by atoms with Crippen molar-refractivity contribution in [1.29, 1.82) is 0 Å². The Balaban J connectivity index is 1.83. The number of rotatable bonds is 6. The van der Waals surface area contributed by atoms with E-state index in [0.717, 1.165) is 22.6 Å². The lowest BCUT2D eigenvalue weighted by Gasteiger charge is -2.14. The molecule has 32 heavy (non-hydrogen) atoms. The number of anilines is 1. The first-order chi connectivity index (χ1) is 15.2. The number of aryl methyl sites for hydroxylation is 1. The molecule has 0 spiro atoms. The fourth-order valence-electron chi connectivity index (χ4n) is 3.26. The van der Waals surface area contributed by atoms with Gasteiger partial charge in [0.2, 0.25) is 5.91 Å². The van der Waals surface area contributed by atoms with Crippen molar-refractivity contribution in [2.75, 3.05) is 26.5 Å². The largest absolute Gasteiger partial charge is 0.495 e. The standard InChI is InChI=1S/C24H25FN4O3/c1-15-20(16(2)29(27-15)19-9-7-18(25)8-10-19)11-13-23(30)26-21-14-17(24(31)28(3)4)6-12-22(21)32-5/h6-14H,1-5H3,(H,26,30). The molecule has 1 aromatic heterocycles. The zero-order chi connectivity index (χ0) is 23.4. The van der Waals surface area contributed by atoms with Crippen LogP contribution in [0.4, 0.5) is 10.1 Å². The zero-order valence-corrected chi connectivity index (χ0v) is 18.6. The smallest absolute Gasteiger partial charge is 0.253 e. The van der Waals surface area contributed by atoms with Crippen molar-refractivity contribution in [1.82, 2.24) is 14.7 Å². The summed E-state index contributed by atoms with van der Waals surface area (Å²) < 4.78 is 20.2. The summed E-state index contributed by atoms with van der Waals surface area (Å²) >= 11 is 0. The molecule has 0 aliphatic rings. The molecule has 0 bridgehead atoms. The summed E-state index contributed by atoms with van der Waals surface area (Å²) in [5.41, 5.74) is 3.88. The van der Waals surface area contributed by atoms with Crippen LogP contribution < -0.4 is 10.1 Å². The number of hydrogen-bond donors (Lipinski definition) is 1. The quantitative estimate of drug-likeness (QED) is 0.593. The number of carbonyl (C=O) groups excluding carboxylic acids is 2. The molecule has 0 atom stereocenters. The molecule has 0 radical (unpaired) electrons. The fraction of sp³-hybridized carbons (Fsp3) is 0.208. The minimum atomic E-state index is -0.383. The fourth-order valence-corrected chi connectivity index (χ4v) is 3.26. The summed E-state index contributed by atoms with van der Waals surface area (Å²) in [6.07, 6.45) is 3.07. The Morgan fingerprint density at radius 3 is 2.44 bits per heavy atom. The van der Waals surface area contributed by atoms with Crippen LogP contribution in [0.5, 0.6) is 5.75 Å². The average molecular weight is 436 g/mol. The van der Waals surface area contributed by atoms with Crippen molar-refractivity contribution in [2.45, 2.75) is 13.8 Å². The first-order valence-electron chi connectivity index (χ1n) is 9.92. The molecule has 166 valence electrons. The summed E-state index contributed by atoms with van der Waals surface area (Å²) in [5.74, 6) is -0.443. The van der Waals surface area contributed by atoms with E-state index in [1.807, 2.05) is 13.8 Å². The predicted octanol–water partition coefficient (Wildman–Crippen LogP) is 3.99. The molecule has 3 rings (SSSR count). The number of ether oxygens (including phenoxy) is 1. The second-order valence-electron chi connectivity index (χ2n) is 7.41. The summed E-state index contributed by atoms with van der Waals surface area (Å²) in [5, 5.41) is 7.26. The monoisotopic (exact) mass is 436 g/mol. The number of benzene rings is 2. The Labute approximate surface area is 186 Å². The van der Waals surface area contributed by atoms with Crippen molar-refractivity contribution < 1.29 is 18.7 Å². The summed E-state index contributed by atoms with van der Waals surface area (Å²) in [7, 11) is 4.81. The van der Waals surface area contributed by atoms with Crippen molar-refractivity contribution in [2.24, 2.45) is 0 Å². The molecule has 0 saturated heterocycles. The first-order valence-corrected chi connectivity index (χ1v) is 9.92. The highest BCUT2D eigenvalue weighted by molar-refractivity contribution is 6.04. The molecule has 2 aromatic carbocycles. The molecular weight excluding hydrogens is 411 g/mol. The topological polar surface area (TPSA) is 76.5 Å². The van der Waals surface area contributed by atoms with Gasteiger partial charge in [-0.25, -0.2) is 9.07 Å². The maximum Gasteiger partial charge on any atom is 0.253 e. The minimum absolute atomic E-state index is 0.182. The van der Waals surface area contributed by atoms with E-state index >= 15 is 0 Å². The van der Waals surface area contributed by atoms with Crippen LogP contribution in [0.25, 0.3) is 11.8 Å². The van der Waals surface area contributed by atoms with Gasteiger partial charge in [-0.2, -0.15) is 5.10 Å². The Morgan fingerprint density at radius 2 is 1.81 bits per heavy atom. The molecule has 0 unspecified atom stereocenters. The van der Waals surface area contributed by atoms with Gasteiger partial charge in [0.15, 0.2) is 0 Å². The van der Waals surface area contributed by atoms with Crippen LogP contribution in [-0.2, 0) is 4.79 Å². The van der Waals surface area contributed by atoms with Crippen molar-refractivity contribution in [3.63, 3.8) is 0 Å². The second kappa shape index (κ2) is 9.47. The molecule has 7 nitrogen and oxygen atoms in total. The highest BCUT2D eigenvalue weighted by Gasteiger charge is 2.14. The predicted molar refractivity (Wildman–Crippen MR) is 122 cm³/mol. The Kier molecular flexibility index (Phi) is 6.73. The Hall–Kier alpha value is -3.94. The van der Waals surface area contributed by atoms with E-state index in [1.165, 1.54) is 30.2 Å². The molecule has 0 aliphatic heterocycles. The van der Waals surface area contributed by atoms with Gasteiger partial charge in [0.25, 0.3) is 5.91 Å². The number of hydrogen-bond acceptors (Lipinski definition) is 4. The lowest BCUT2D eigenvalue weighted by Crippen LogP contribution is -2.22. The number of nitrogens with zero attached hydrogens (tertiary/aromatic N) is 3. The van der Waals surface area contributed by atoms with E-state index < -0.39 is 0 Å². The number of halogens is 1. The van der Waals surface area contributed by atoms with Crippen LogP contribution in [0.2, 0.25) is 0 Å². The van der Waals surface area contributed by atoms with Gasteiger partial charge < -0.3 is 15.0 Å². The normalized spacial score (nSPS) is 10.9. The van der Waals surface area contributed by atoms with E-state index in [2.05, 4.69) is 10.4 Å². The molecule has 1 N–H and O–H groups in total. The van der Waals surface area contributed by atoms with Crippen molar-refractivity contribution >= 4 is 23.6 Å². The molecule has 0 aliphatic carbocycles. The Bertz CT molecular complexity index is 1180. The number of methoxy groups -OCH3 is 1. The van der Waals surface area contributed by atoms with E-state index in [9.17, 15) is 14.0 Å². The maximum absolute atomic E-state index is 13.2. The van der Waals surface area contributed by atoms with Gasteiger partial charge in [-0.05, 0) is 62.4 Å². The number of nitrogens with one attached hydrogen (secondary N) is 1. The number of amides is 2. The van der Waals surface area contributed by atoms with Gasteiger partial charge >= 0.3 is 0 Å². The van der Waals surface area contributed by atoms with Crippen LogP contribution in [0.15, 0.2) is 48.5 Å². The third-order valence-electron chi connectivity index (χ3n) is 4.93. The van der Waals surface area contributed by atoms with Gasteiger partial charge in [0.1, 0.15) is 11.6 Å². The lowest BCUT2D eigenvalue weighted by molar-refractivity contribution is -0.111. The summed E-state index contributed by atoms with van der Waals surface area (Å²) in [6.45, 7) is 3.71. The average Bonchev–Trinajstić information content (AvgIpc) is 3.05. The van der Waals surface area contributed by atoms with Gasteiger partial charge in [0, 0.05) is 37.0 Å². The first kappa shape index (κ1) is 22.7. The van der Waals surface area contributed by atoms with Crippen LogP contribution in [0.1, 0.15) is 27.3 Å². The second-order valence-corrected chi connectivity index (χ2v) is 7.41. The molecule has 2 amide bonds. The third-order valence-corrected chi connectivity index (χ3v) is 4.93. The zero-order valence-electron chi connectivity index (χ0n) is 18.6. The van der Waals surface area contributed by atoms with Crippen LogP contribution in [-0.4, -0.2) is 47.7 Å². The molecular formula is C24H25FN4O3. The highest BCUT2D eigenvalue weighted by atomic mass is 19.1. The minimum Gasteiger partial charge on any atom is -0.495 e. The third kappa shape index (κ3) is 4.85. The summed E-state index contributed by atoms with van der Waals surface area (Å²) in [6, 6.07) is 10.9. The summed E-state index contributed by atoms with van der Waals surface area (Å²) in [4.78, 5) is 26.3. The van der Waals surface area contributed by atoms with Gasteiger partial charge in [-0.1, -0.05) is 0 Å². The molecule has 8 heteroatoms. The number of carbonyl (C=O) groups is 2. The van der Waals surface area contributed by atoms with Gasteiger partial charge in [-0.3, -0.25) is 9.59 Å². The van der Waals surface area contributed by atoms with Crippen LogP contribution in [0.3, 0.4) is 0 Å². The van der Waals surface area contributed by atoms with Gasteiger partial charge in [0.05, 0.1) is 24.2 Å². The highest BCUT2D eigenvalue weighted by Crippen LogP contribution is 2.26.